The Bertz CT molecular complexity index is 1360. The van der Waals surface area contributed by atoms with Crippen LogP contribution in [0.5, 0.6) is 0 Å². The van der Waals surface area contributed by atoms with Gasteiger partial charge in [0.2, 0.25) is 5.95 Å². The summed E-state index contributed by atoms with van der Waals surface area (Å²) in [5.74, 6) is 0.367. The van der Waals surface area contributed by atoms with Crippen LogP contribution in [-0.2, 0) is 19.5 Å². The van der Waals surface area contributed by atoms with E-state index in [2.05, 4.69) is 34.1 Å². The van der Waals surface area contributed by atoms with E-state index in [1.165, 1.54) is 22.6 Å². The standard InChI is InChI=1S/C26H25FN4OS/c27-19-8-10-20(11-9-19)31-25(32)23-21-12-15-29(16-18-6-2-1-3-7-18)17-22(21)33-24(23)28-26(31)30-13-4-5-14-30/h1-3,6-11H,4-5,12-17H2. The number of thiophene rings is 1. The van der Waals surface area contributed by atoms with Crippen molar-refractivity contribution in [2.24, 2.45) is 0 Å². The highest BCUT2D eigenvalue weighted by Gasteiger charge is 2.27. The lowest BCUT2D eigenvalue weighted by Crippen LogP contribution is -2.32. The number of benzene rings is 2. The molecular formula is C26H25FN4OS. The summed E-state index contributed by atoms with van der Waals surface area (Å²) in [6, 6.07) is 16.7. The highest BCUT2D eigenvalue weighted by atomic mass is 32.1. The number of halogens is 1. The summed E-state index contributed by atoms with van der Waals surface area (Å²) in [6.45, 7) is 4.42. The number of anilines is 1. The van der Waals surface area contributed by atoms with E-state index in [9.17, 15) is 9.18 Å². The third-order valence-electron chi connectivity index (χ3n) is 6.66. The zero-order chi connectivity index (χ0) is 22.4. The summed E-state index contributed by atoms with van der Waals surface area (Å²) in [4.78, 5) is 25.6. The second-order valence-corrected chi connectivity index (χ2v) is 9.94. The van der Waals surface area contributed by atoms with Gasteiger partial charge in [-0.1, -0.05) is 30.3 Å². The SMILES string of the molecule is O=c1c2c3c(sc2nc(N2CCCC2)n1-c1ccc(F)cc1)CN(Cc1ccccc1)CC3. The number of nitrogens with zero attached hydrogens (tertiary/aromatic N) is 4. The highest BCUT2D eigenvalue weighted by Crippen LogP contribution is 2.35. The van der Waals surface area contributed by atoms with Crippen LogP contribution in [0.2, 0.25) is 0 Å². The number of fused-ring (bicyclic) bond motifs is 3. The first-order valence-electron chi connectivity index (χ1n) is 11.5. The van der Waals surface area contributed by atoms with Gasteiger partial charge in [-0.15, -0.1) is 11.3 Å². The van der Waals surface area contributed by atoms with Gasteiger partial charge < -0.3 is 4.90 Å². The van der Waals surface area contributed by atoms with Crippen LogP contribution in [0.3, 0.4) is 0 Å². The number of rotatable bonds is 4. The van der Waals surface area contributed by atoms with Crippen LogP contribution in [0.15, 0.2) is 59.4 Å². The molecule has 0 atom stereocenters. The molecule has 0 bridgehead atoms. The van der Waals surface area contributed by atoms with E-state index in [0.29, 0.717) is 11.6 Å². The van der Waals surface area contributed by atoms with Gasteiger partial charge in [-0.3, -0.25) is 9.69 Å². The van der Waals surface area contributed by atoms with Crippen molar-refractivity contribution in [3.8, 4) is 5.69 Å². The molecule has 5 nitrogen and oxygen atoms in total. The topological polar surface area (TPSA) is 41.4 Å². The lowest BCUT2D eigenvalue weighted by molar-refractivity contribution is 0.249. The van der Waals surface area contributed by atoms with Crippen LogP contribution in [0.4, 0.5) is 10.3 Å². The molecule has 1 fully saturated rings. The van der Waals surface area contributed by atoms with E-state index in [0.717, 1.165) is 67.8 Å². The predicted molar refractivity (Wildman–Crippen MR) is 131 cm³/mol. The molecule has 168 valence electrons. The second kappa shape index (κ2) is 8.39. The van der Waals surface area contributed by atoms with Crippen LogP contribution in [0, 0.1) is 5.82 Å². The Labute approximate surface area is 195 Å². The molecule has 0 aliphatic carbocycles. The lowest BCUT2D eigenvalue weighted by atomic mass is 10.0. The minimum atomic E-state index is -0.310. The molecule has 6 rings (SSSR count). The largest absolute Gasteiger partial charge is 0.342 e. The maximum atomic E-state index is 13.9. The van der Waals surface area contributed by atoms with Gasteiger partial charge in [-0.25, -0.2) is 13.9 Å². The first kappa shape index (κ1) is 20.6. The van der Waals surface area contributed by atoms with Crippen molar-refractivity contribution in [2.45, 2.75) is 32.4 Å². The quantitative estimate of drug-likeness (QED) is 0.441. The molecule has 4 aromatic rings. The molecule has 0 spiro atoms. The molecule has 33 heavy (non-hydrogen) atoms. The number of aromatic nitrogens is 2. The van der Waals surface area contributed by atoms with Gasteiger partial charge >= 0.3 is 0 Å². The Morgan fingerprint density at radius 2 is 1.73 bits per heavy atom. The third kappa shape index (κ3) is 3.75. The molecule has 2 aromatic heterocycles. The Kier molecular flexibility index (Phi) is 5.23. The Morgan fingerprint density at radius 3 is 2.48 bits per heavy atom. The van der Waals surface area contributed by atoms with Crippen molar-refractivity contribution in [3.63, 3.8) is 0 Å². The minimum absolute atomic E-state index is 0.0393. The van der Waals surface area contributed by atoms with Crippen molar-refractivity contribution in [1.82, 2.24) is 14.5 Å². The van der Waals surface area contributed by atoms with Crippen LogP contribution in [0.25, 0.3) is 15.9 Å². The lowest BCUT2D eigenvalue weighted by Gasteiger charge is -2.26. The van der Waals surface area contributed by atoms with Crippen molar-refractivity contribution in [1.29, 1.82) is 0 Å². The first-order valence-corrected chi connectivity index (χ1v) is 12.3. The Balaban J connectivity index is 1.45. The van der Waals surface area contributed by atoms with Gasteiger partial charge in [0.1, 0.15) is 10.6 Å². The molecule has 0 radical (unpaired) electrons. The predicted octanol–water partition coefficient (Wildman–Crippen LogP) is 4.74. The minimum Gasteiger partial charge on any atom is -0.342 e. The number of hydrogen-bond donors (Lipinski definition) is 0. The molecule has 0 amide bonds. The average molecular weight is 461 g/mol. The van der Waals surface area contributed by atoms with Crippen molar-refractivity contribution in [3.05, 3.63) is 86.8 Å². The third-order valence-corrected chi connectivity index (χ3v) is 7.77. The van der Waals surface area contributed by atoms with E-state index >= 15 is 0 Å². The molecule has 2 aromatic carbocycles. The molecular weight excluding hydrogens is 435 g/mol. The van der Waals surface area contributed by atoms with Gasteiger partial charge in [-0.2, -0.15) is 0 Å². The number of hydrogen-bond acceptors (Lipinski definition) is 5. The van der Waals surface area contributed by atoms with E-state index in [1.807, 2.05) is 6.07 Å². The Hall–Kier alpha value is -3.03. The van der Waals surface area contributed by atoms with E-state index in [1.54, 1.807) is 28.0 Å². The van der Waals surface area contributed by atoms with Crippen molar-refractivity contribution < 1.29 is 4.39 Å². The molecule has 0 unspecified atom stereocenters. The molecule has 1 saturated heterocycles. The molecule has 2 aliphatic heterocycles. The smallest absolute Gasteiger partial charge is 0.268 e. The summed E-state index contributed by atoms with van der Waals surface area (Å²) in [5.41, 5.74) is 3.07. The van der Waals surface area contributed by atoms with Crippen LogP contribution in [-0.4, -0.2) is 34.1 Å². The zero-order valence-electron chi connectivity index (χ0n) is 18.3. The fourth-order valence-corrected chi connectivity index (χ4v) is 6.26. The van der Waals surface area contributed by atoms with E-state index in [-0.39, 0.29) is 11.4 Å². The zero-order valence-corrected chi connectivity index (χ0v) is 19.2. The monoisotopic (exact) mass is 460 g/mol. The fraction of sp³-hybridized carbons (Fsp3) is 0.308. The van der Waals surface area contributed by atoms with Gasteiger partial charge in [0, 0.05) is 37.6 Å². The molecule has 2 aliphatic rings. The highest BCUT2D eigenvalue weighted by molar-refractivity contribution is 7.18. The fourth-order valence-electron chi connectivity index (χ4n) is 5.01. The summed E-state index contributed by atoms with van der Waals surface area (Å²) in [7, 11) is 0. The second-order valence-electron chi connectivity index (χ2n) is 8.85. The normalized spacial score (nSPS) is 16.5. The maximum absolute atomic E-state index is 13.9. The molecule has 4 heterocycles. The maximum Gasteiger partial charge on any atom is 0.268 e. The molecule has 0 N–H and O–H groups in total. The summed E-state index contributed by atoms with van der Waals surface area (Å²) in [5, 5.41) is 0.738. The van der Waals surface area contributed by atoms with Gasteiger partial charge in [-0.05, 0) is 54.7 Å². The first-order chi connectivity index (χ1) is 16.2. The Morgan fingerprint density at radius 1 is 0.970 bits per heavy atom. The van der Waals surface area contributed by atoms with Gasteiger partial charge in [0.15, 0.2) is 0 Å². The van der Waals surface area contributed by atoms with Crippen molar-refractivity contribution >= 4 is 27.5 Å². The summed E-state index contributed by atoms with van der Waals surface area (Å²) in [6.07, 6.45) is 3.02. The van der Waals surface area contributed by atoms with Crippen LogP contribution >= 0.6 is 11.3 Å². The van der Waals surface area contributed by atoms with E-state index < -0.39 is 0 Å². The van der Waals surface area contributed by atoms with Gasteiger partial charge in [0.05, 0.1) is 11.1 Å². The van der Waals surface area contributed by atoms with Crippen LogP contribution < -0.4 is 10.5 Å². The van der Waals surface area contributed by atoms with Gasteiger partial charge in [0.25, 0.3) is 5.56 Å². The summed E-state index contributed by atoms with van der Waals surface area (Å²) >= 11 is 1.65. The van der Waals surface area contributed by atoms with E-state index in [4.69, 9.17) is 4.98 Å². The summed E-state index contributed by atoms with van der Waals surface area (Å²) < 4.78 is 15.3. The molecule has 0 saturated carbocycles. The van der Waals surface area contributed by atoms with Crippen LogP contribution in [0.1, 0.15) is 28.8 Å². The van der Waals surface area contributed by atoms with Crippen molar-refractivity contribution in [2.75, 3.05) is 24.5 Å². The average Bonchev–Trinajstić information content (AvgIpc) is 3.48. The molecule has 7 heteroatoms.